The molecule has 1 aromatic carbocycles. The van der Waals surface area contributed by atoms with Crippen LogP contribution in [0.25, 0.3) is 0 Å². The van der Waals surface area contributed by atoms with Gasteiger partial charge >= 0.3 is 0 Å². The van der Waals surface area contributed by atoms with E-state index >= 15 is 0 Å². The van der Waals surface area contributed by atoms with Crippen LogP contribution in [0.15, 0.2) is 24.3 Å². The van der Waals surface area contributed by atoms with Gasteiger partial charge in [0.15, 0.2) is 0 Å². The normalized spacial score (nSPS) is 16.5. The van der Waals surface area contributed by atoms with Gasteiger partial charge in [-0.3, -0.25) is 9.69 Å². The predicted octanol–water partition coefficient (Wildman–Crippen LogP) is 2.24. The molecule has 0 saturated carbocycles. The highest BCUT2D eigenvalue weighted by Crippen LogP contribution is 2.11. The minimum absolute atomic E-state index is 0.236. The summed E-state index contributed by atoms with van der Waals surface area (Å²) in [6, 6.07) is 8.94. The Hall–Kier alpha value is -1.39. The standard InChI is InChI=1S/C19H31N3O/c1-4-17-7-5-8-18(15-17)16-22-13-11-21(12-14-22)10-6-9-19(23)20(2)3/h5,7-8,15H,4,6,9-14,16H2,1-3H3. The van der Waals surface area contributed by atoms with Crippen molar-refractivity contribution in [2.45, 2.75) is 32.7 Å². The second kappa shape index (κ2) is 9.04. The number of carbonyl (C=O) groups is 1. The van der Waals surface area contributed by atoms with Gasteiger partial charge in [0.1, 0.15) is 0 Å². The van der Waals surface area contributed by atoms with Gasteiger partial charge in [0.05, 0.1) is 0 Å². The third-order valence-corrected chi connectivity index (χ3v) is 4.63. The lowest BCUT2D eigenvalue weighted by atomic mass is 10.1. The van der Waals surface area contributed by atoms with Crippen molar-refractivity contribution in [3.05, 3.63) is 35.4 Å². The Morgan fingerprint density at radius 2 is 1.74 bits per heavy atom. The molecule has 2 rings (SSSR count). The molecule has 0 atom stereocenters. The maximum absolute atomic E-state index is 11.6. The Balaban J connectivity index is 1.68. The van der Waals surface area contributed by atoms with Gasteiger partial charge < -0.3 is 9.80 Å². The summed E-state index contributed by atoms with van der Waals surface area (Å²) in [6.45, 7) is 8.78. The molecule has 1 aliphatic heterocycles. The molecule has 1 aromatic rings. The molecule has 4 heteroatoms. The number of piperazine rings is 1. The van der Waals surface area contributed by atoms with Crippen LogP contribution in [0.3, 0.4) is 0 Å². The Morgan fingerprint density at radius 1 is 1.09 bits per heavy atom. The average Bonchev–Trinajstić information content (AvgIpc) is 2.56. The molecule has 0 aromatic heterocycles. The molecule has 0 spiro atoms. The first-order chi connectivity index (χ1) is 11.1. The van der Waals surface area contributed by atoms with Crippen LogP contribution in [0.4, 0.5) is 0 Å². The average molecular weight is 317 g/mol. The topological polar surface area (TPSA) is 26.8 Å². The third-order valence-electron chi connectivity index (χ3n) is 4.63. The van der Waals surface area contributed by atoms with E-state index in [4.69, 9.17) is 0 Å². The molecule has 0 aliphatic carbocycles. The van der Waals surface area contributed by atoms with Crippen molar-refractivity contribution in [1.29, 1.82) is 0 Å². The molecule has 128 valence electrons. The smallest absolute Gasteiger partial charge is 0.222 e. The molecule has 0 bridgehead atoms. The molecule has 4 nitrogen and oxygen atoms in total. The summed E-state index contributed by atoms with van der Waals surface area (Å²) >= 11 is 0. The SMILES string of the molecule is CCc1cccc(CN2CCN(CCCC(=O)N(C)C)CC2)c1. The van der Waals surface area contributed by atoms with E-state index in [1.54, 1.807) is 4.90 Å². The van der Waals surface area contributed by atoms with Crippen LogP contribution in [0.5, 0.6) is 0 Å². The van der Waals surface area contributed by atoms with Crippen LogP contribution in [0.2, 0.25) is 0 Å². The highest BCUT2D eigenvalue weighted by Gasteiger charge is 2.17. The van der Waals surface area contributed by atoms with Crippen LogP contribution in [0, 0.1) is 0 Å². The lowest BCUT2D eigenvalue weighted by Crippen LogP contribution is -2.46. The van der Waals surface area contributed by atoms with Crippen LogP contribution < -0.4 is 0 Å². The fraction of sp³-hybridized carbons (Fsp3) is 0.632. The lowest BCUT2D eigenvalue weighted by Gasteiger charge is -2.34. The van der Waals surface area contributed by atoms with Crippen molar-refractivity contribution >= 4 is 5.91 Å². The van der Waals surface area contributed by atoms with Gasteiger partial charge in [-0.25, -0.2) is 0 Å². The fourth-order valence-electron chi connectivity index (χ4n) is 3.05. The molecule has 1 heterocycles. The Kier molecular flexibility index (Phi) is 7.06. The Morgan fingerprint density at radius 3 is 2.39 bits per heavy atom. The highest BCUT2D eigenvalue weighted by atomic mass is 16.2. The van der Waals surface area contributed by atoms with E-state index in [2.05, 4.69) is 41.0 Å². The van der Waals surface area contributed by atoms with Gasteiger partial charge in [-0.15, -0.1) is 0 Å². The van der Waals surface area contributed by atoms with Gasteiger partial charge in [-0.1, -0.05) is 31.2 Å². The van der Waals surface area contributed by atoms with E-state index in [0.29, 0.717) is 6.42 Å². The molecule has 0 radical (unpaired) electrons. The first kappa shape index (κ1) is 18.0. The van der Waals surface area contributed by atoms with Crippen molar-refractivity contribution in [3.8, 4) is 0 Å². The zero-order valence-electron chi connectivity index (χ0n) is 14.9. The number of aryl methyl sites for hydroxylation is 1. The van der Waals surface area contributed by atoms with Crippen LogP contribution in [-0.4, -0.2) is 67.4 Å². The Bertz CT molecular complexity index is 493. The quantitative estimate of drug-likeness (QED) is 0.772. The van der Waals surface area contributed by atoms with E-state index in [0.717, 1.165) is 52.1 Å². The van der Waals surface area contributed by atoms with E-state index in [-0.39, 0.29) is 5.91 Å². The van der Waals surface area contributed by atoms with Crippen molar-refractivity contribution < 1.29 is 4.79 Å². The number of nitrogens with zero attached hydrogens (tertiary/aromatic N) is 3. The molecule has 0 N–H and O–H groups in total. The van der Waals surface area contributed by atoms with E-state index in [1.165, 1.54) is 11.1 Å². The number of hydrogen-bond donors (Lipinski definition) is 0. The first-order valence-corrected chi connectivity index (χ1v) is 8.81. The molecule has 0 unspecified atom stereocenters. The molecule has 1 aliphatic rings. The van der Waals surface area contributed by atoms with Crippen LogP contribution >= 0.6 is 0 Å². The number of benzene rings is 1. The maximum Gasteiger partial charge on any atom is 0.222 e. The van der Waals surface area contributed by atoms with Crippen molar-refractivity contribution in [2.75, 3.05) is 46.8 Å². The van der Waals surface area contributed by atoms with Crippen LogP contribution in [-0.2, 0) is 17.8 Å². The first-order valence-electron chi connectivity index (χ1n) is 8.81. The van der Waals surface area contributed by atoms with Gasteiger partial charge in [0.2, 0.25) is 5.91 Å². The number of carbonyl (C=O) groups excluding carboxylic acids is 1. The predicted molar refractivity (Wildman–Crippen MR) is 95.5 cm³/mol. The fourth-order valence-corrected chi connectivity index (χ4v) is 3.05. The van der Waals surface area contributed by atoms with Crippen molar-refractivity contribution in [3.63, 3.8) is 0 Å². The summed E-state index contributed by atoms with van der Waals surface area (Å²) in [4.78, 5) is 18.3. The van der Waals surface area contributed by atoms with Gasteiger partial charge in [0.25, 0.3) is 0 Å². The number of amides is 1. The summed E-state index contributed by atoms with van der Waals surface area (Å²) < 4.78 is 0. The summed E-state index contributed by atoms with van der Waals surface area (Å²) in [7, 11) is 3.66. The molecular weight excluding hydrogens is 286 g/mol. The van der Waals surface area contributed by atoms with Crippen molar-refractivity contribution in [1.82, 2.24) is 14.7 Å². The number of hydrogen-bond acceptors (Lipinski definition) is 3. The second-order valence-electron chi connectivity index (χ2n) is 6.68. The molecule has 1 amide bonds. The second-order valence-corrected chi connectivity index (χ2v) is 6.68. The molecule has 23 heavy (non-hydrogen) atoms. The summed E-state index contributed by atoms with van der Waals surface area (Å²) in [5.41, 5.74) is 2.85. The summed E-state index contributed by atoms with van der Waals surface area (Å²) in [5, 5.41) is 0. The Labute approximate surface area is 141 Å². The minimum atomic E-state index is 0.236. The lowest BCUT2D eigenvalue weighted by molar-refractivity contribution is -0.128. The van der Waals surface area contributed by atoms with E-state index in [1.807, 2.05) is 14.1 Å². The zero-order valence-corrected chi connectivity index (χ0v) is 14.9. The number of rotatable bonds is 7. The van der Waals surface area contributed by atoms with Crippen molar-refractivity contribution in [2.24, 2.45) is 0 Å². The van der Waals surface area contributed by atoms with E-state index in [9.17, 15) is 4.79 Å². The van der Waals surface area contributed by atoms with E-state index < -0.39 is 0 Å². The monoisotopic (exact) mass is 317 g/mol. The summed E-state index contributed by atoms with van der Waals surface area (Å²) in [5.74, 6) is 0.236. The molecular formula is C19H31N3O. The minimum Gasteiger partial charge on any atom is -0.349 e. The van der Waals surface area contributed by atoms with Gasteiger partial charge in [0, 0.05) is 53.2 Å². The van der Waals surface area contributed by atoms with Gasteiger partial charge in [-0.05, 0) is 30.5 Å². The maximum atomic E-state index is 11.6. The zero-order chi connectivity index (χ0) is 16.7. The summed E-state index contributed by atoms with van der Waals surface area (Å²) in [6.07, 6.45) is 2.74. The highest BCUT2D eigenvalue weighted by molar-refractivity contribution is 5.75. The molecule has 1 saturated heterocycles. The van der Waals surface area contributed by atoms with Crippen LogP contribution in [0.1, 0.15) is 30.9 Å². The van der Waals surface area contributed by atoms with Gasteiger partial charge in [-0.2, -0.15) is 0 Å². The third kappa shape index (κ3) is 5.96. The molecule has 1 fully saturated rings. The largest absolute Gasteiger partial charge is 0.349 e.